The molecule has 2 aliphatic heterocycles. The molecular weight excluding hydrogens is 574 g/mol. The van der Waals surface area contributed by atoms with E-state index >= 15 is 0 Å². The lowest BCUT2D eigenvalue weighted by Gasteiger charge is -2.26. The van der Waals surface area contributed by atoms with Gasteiger partial charge in [0.2, 0.25) is 10.0 Å². The van der Waals surface area contributed by atoms with E-state index in [1.807, 2.05) is 31.2 Å². The second-order valence-corrected chi connectivity index (χ2v) is 13.6. The molecule has 0 spiro atoms. The number of aromatic nitrogens is 1. The fourth-order valence-corrected chi connectivity index (χ4v) is 7.55. The molecule has 4 aromatic rings. The number of ether oxygens (including phenoxy) is 2. The lowest BCUT2D eigenvalue weighted by atomic mass is 10.0. The Morgan fingerprint density at radius 2 is 1.80 bits per heavy atom. The van der Waals surface area contributed by atoms with Crippen molar-refractivity contribution < 1.29 is 22.7 Å². The van der Waals surface area contributed by atoms with Gasteiger partial charge in [-0.2, -0.15) is 4.31 Å². The Balaban J connectivity index is 1.34. The van der Waals surface area contributed by atoms with Crippen molar-refractivity contribution in [2.75, 3.05) is 44.4 Å². The van der Waals surface area contributed by atoms with Crippen LogP contribution in [0.4, 0.5) is 5.69 Å². The molecule has 0 saturated carbocycles. The number of fused-ring (bicyclic) bond motifs is 2. The van der Waals surface area contributed by atoms with Gasteiger partial charge in [0.05, 0.1) is 30.3 Å². The highest BCUT2D eigenvalue weighted by atomic mass is 32.2. The molecule has 0 N–H and O–H groups in total. The maximum atomic E-state index is 13.7. The van der Waals surface area contributed by atoms with Crippen molar-refractivity contribution >= 4 is 44.2 Å². The fraction of sp³-hybridized carbons (Fsp3) is 0.343. The first-order valence-electron chi connectivity index (χ1n) is 15.3. The molecule has 1 aromatic heterocycles. The summed E-state index contributed by atoms with van der Waals surface area (Å²) >= 11 is 0. The van der Waals surface area contributed by atoms with Crippen LogP contribution in [0.15, 0.2) is 71.8 Å². The van der Waals surface area contributed by atoms with Gasteiger partial charge in [0, 0.05) is 53.4 Å². The minimum Gasteiger partial charge on any atom is -0.491 e. The van der Waals surface area contributed by atoms with Crippen LogP contribution in [0.5, 0.6) is 5.75 Å². The van der Waals surface area contributed by atoms with Gasteiger partial charge in [-0.05, 0) is 67.3 Å². The maximum Gasteiger partial charge on any atom is 0.258 e. The number of benzene rings is 3. The lowest BCUT2D eigenvalue weighted by Crippen LogP contribution is -2.40. The minimum absolute atomic E-state index is 0.135. The summed E-state index contributed by atoms with van der Waals surface area (Å²) in [5.74, 6) is 1.13. The summed E-state index contributed by atoms with van der Waals surface area (Å²) in [7, 11) is -3.72. The van der Waals surface area contributed by atoms with Crippen molar-refractivity contribution in [3.05, 3.63) is 89.1 Å². The molecule has 3 aromatic carbocycles. The number of amides is 1. The second-order valence-electron chi connectivity index (χ2n) is 11.6. The van der Waals surface area contributed by atoms with Crippen molar-refractivity contribution in [2.45, 2.75) is 45.1 Å². The van der Waals surface area contributed by atoms with Crippen molar-refractivity contribution in [1.29, 1.82) is 0 Å². The summed E-state index contributed by atoms with van der Waals surface area (Å²) in [6.07, 6.45) is 3.95. The van der Waals surface area contributed by atoms with E-state index in [9.17, 15) is 13.2 Å². The van der Waals surface area contributed by atoms with Crippen LogP contribution in [-0.4, -0.2) is 62.7 Å². The number of likely N-dealkylation sites (N-methyl/N-ethyl adjacent to an activating group) is 1. The van der Waals surface area contributed by atoms with E-state index in [0.29, 0.717) is 63.1 Å². The van der Waals surface area contributed by atoms with Crippen LogP contribution >= 0.6 is 0 Å². The fourth-order valence-electron chi connectivity index (χ4n) is 6.11. The molecule has 3 heterocycles. The SMILES string of the molecule is CCN1C(=O)/C(=C\c2cn(CCOc3cc(C)ccc3C(C)C)c3ccccc23)c2cc(S(=O)(=O)N3CCOCC3)ccc21. The van der Waals surface area contributed by atoms with Crippen LogP contribution in [0, 0.1) is 6.92 Å². The van der Waals surface area contributed by atoms with Crippen molar-refractivity contribution in [1.82, 2.24) is 8.87 Å². The number of sulfonamides is 1. The highest BCUT2D eigenvalue weighted by molar-refractivity contribution is 7.89. The van der Waals surface area contributed by atoms with E-state index in [4.69, 9.17) is 9.47 Å². The number of para-hydroxylation sites is 1. The van der Waals surface area contributed by atoms with E-state index in [2.05, 4.69) is 55.8 Å². The molecule has 0 aliphatic carbocycles. The van der Waals surface area contributed by atoms with Gasteiger partial charge in [-0.25, -0.2) is 8.42 Å². The average Bonchev–Trinajstić information content (AvgIpc) is 3.51. The van der Waals surface area contributed by atoms with Crippen LogP contribution in [-0.2, 0) is 26.1 Å². The summed E-state index contributed by atoms with van der Waals surface area (Å²) in [5.41, 5.74) is 6.13. The summed E-state index contributed by atoms with van der Waals surface area (Å²) in [6, 6.07) is 19.5. The molecule has 8 nitrogen and oxygen atoms in total. The zero-order valence-electron chi connectivity index (χ0n) is 25.7. The third-order valence-electron chi connectivity index (χ3n) is 8.45. The third kappa shape index (κ3) is 5.56. The molecule has 0 bridgehead atoms. The predicted octanol–water partition coefficient (Wildman–Crippen LogP) is 6.08. The predicted molar refractivity (Wildman–Crippen MR) is 175 cm³/mol. The minimum atomic E-state index is -3.72. The van der Waals surface area contributed by atoms with E-state index in [1.54, 1.807) is 23.1 Å². The van der Waals surface area contributed by atoms with Gasteiger partial charge >= 0.3 is 0 Å². The molecule has 0 radical (unpaired) electrons. The zero-order chi connectivity index (χ0) is 31.0. The van der Waals surface area contributed by atoms with E-state index in [0.717, 1.165) is 33.5 Å². The molecule has 6 rings (SSSR count). The van der Waals surface area contributed by atoms with Gasteiger partial charge < -0.3 is 18.9 Å². The van der Waals surface area contributed by atoms with Crippen molar-refractivity contribution in [3.8, 4) is 5.75 Å². The summed E-state index contributed by atoms with van der Waals surface area (Å²) in [5, 5.41) is 1.01. The van der Waals surface area contributed by atoms with Crippen LogP contribution in [0.2, 0.25) is 0 Å². The summed E-state index contributed by atoms with van der Waals surface area (Å²) < 4.78 is 42.2. The number of hydrogen-bond donors (Lipinski definition) is 0. The third-order valence-corrected chi connectivity index (χ3v) is 10.3. The molecule has 230 valence electrons. The molecular formula is C35H39N3O5S. The van der Waals surface area contributed by atoms with Gasteiger partial charge in [-0.15, -0.1) is 0 Å². The second kappa shape index (κ2) is 12.2. The first kappa shape index (κ1) is 30.1. The van der Waals surface area contributed by atoms with Crippen LogP contribution in [0.3, 0.4) is 0 Å². The first-order chi connectivity index (χ1) is 21.2. The van der Waals surface area contributed by atoms with Crippen LogP contribution < -0.4 is 9.64 Å². The van der Waals surface area contributed by atoms with Gasteiger partial charge in [0.25, 0.3) is 5.91 Å². The highest BCUT2D eigenvalue weighted by Gasteiger charge is 2.34. The molecule has 1 amide bonds. The average molecular weight is 614 g/mol. The van der Waals surface area contributed by atoms with Gasteiger partial charge in [-0.1, -0.05) is 44.2 Å². The Morgan fingerprint density at radius 1 is 1.02 bits per heavy atom. The van der Waals surface area contributed by atoms with E-state index < -0.39 is 10.0 Å². The standard InChI is InChI=1S/C35H39N3O5S/c1-5-38-33-13-11-27(44(40,41)37-15-17-42-18-16-37)22-30(33)31(35(38)39)21-26-23-36(32-9-7-6-8-29(26)32)14-19-43-34-20-25(4)10-12-28(34)24(2)3/h6-13,20-24H,5,14-19H2,1-4H3/b31-21-. The number of anilines is 1. The van der Waals surface area contributed by atoms with Crippen molar-refractivity contribution in [3.63, 3.8) is 0 Å². The topological polar surface area (TPSA) is 81.1 Å². The van der Waals surface area contributed by atoms with E-state index in [1.165, 1.54) is 9.87 Å². The molecule has 2 aliphatic rings. The number of morpholine rings is 1. The molecule has 0 atom stereocenters. The maximum absolute atomic E-state index is 13.7. The Labute approximate surface area is 259 Å². The molecule has 1 saturated heterocycles. The smallest absolute Gasteiger partial charge is 0.258 e. The number of carbonyl (C=O) groups is 1. The van der Waals surface area contributed by atoms with Crippen LogP contribution in [0.25, 0.3) is 22.6 Å². The summed E-state index contributed by atoms with van der Waals surface area (Å²) in [6.45, 7) is 11.3. The zero-order valence-corrected chi connectivity index (χ0v) is 26.6. The molecule has 1 fully saturated rings. The molecule has 44 heavy (non-hydrogen) atoms. The Kier molecular flexibility index (Phi) is 8.37. The van der Waals surface area contributed by atoms with Crippen LogP contribution in [0.1, 0.15) is 48.9 Å². The number of nitrogens with zero attached hydrogens (tertiary/aromatic N) is 3. The quantitative estimate of drug-likeness (QED) is 0.214. The molecule has 9 heteroatoms. The number of carbonyl (C=O) groups excluding carboxylic acids is 1. The normalized spacial score (nSPS) is 16.8. The largest absolute Gasteiger partial charge is 0.491 e. The van der Waals surface area contributed by atoms with Gasteiger partial charge in [0.15, 0.2) is 0 Å². The Morgan fingerprint density at radius 3 is 2.55 bits per heavy atom. The highest BCUT2D eigenvalue weighted by Crippen LogP contribution is 2.40. The number of aryl methyl sites for hydroxylation is 1. The lowest BCUT2D eigenvalue weighted by molar-refractivity contribution is -0.112. The molecule has 0 unspecified atom stereocenters. The Hall–Kier alpha value is -3.92. The van der Waals surface area contributed by atoms with Gasteiger partial charge in [0.1, 0.15) is 12.4 Å². The van der Waals surface area contributed by atoms with E-state index in [-0.39, 0.29) is 10.8 Å². The number of rotatable bonds is 9. The first-order valence-corrected chi connectivity index (χ1v) is 16.7. The number of hydrogen-bond acceptors (Lipinski definition) is 5. The Bertz CT molecular complexity index is 1850. The summed E-state index contributed by atoms with van der Waals surface area (Å²) in [4.78, 5) is 15.6. The monoisotopic (exact) mass is 613 g/mol. The van der Waals surface area contributed by atoms with Gasteiger partial charge in [-0.3, -0.25) is 4.79 Å². The van der Waals surface area contributed by atoms with Crippen molar-refractivity contribution in [2.24, 2.45) is 0 Å².